The van der Waals surface area contributed by atoms with E-state index in [1.54, 1.807) is 0 Å². The van der Waals surface area contributed by atoms with E-state index in [4.69, 9.17) is 9.84 Å². The SMILES string of the molecule is CCCCCCCCNCCNC1O[C@H](CO)[C@@H](O)[C@H](O)[C@H]1O. The van der Waals surface area contributed by atoms with E-state index in [0.29, 0.717) is 6.54 Å². The Bertz CT molecular complexity index is 294. The Labute approximate surface area is 139 Å². The summed E-state index contributed by atoms with van der Waals surface area (Å²) in [4.78, 5) is 0. The van der Waals surface area contributed by atoms with Crippen molar-refractivity contribution in [3.05, 3.63) is 0 Å². The third kappa shape index (κ3) is 7.43. The Morgan fingerprint density at radius 1 is 0.826 bits per heavy atom. The lowest BCUT2D eigenvalue weighted by atomic mass is 9.98. The van der Waals surface area contributed by atoms with Gasteiger partial charge in [0.25, 0.3) is 0 Å². The molecule has 0 bridgehead atoms. The molecule has 1 saturated heterocycles. The van der Waals surface area contributed by atoms with Gasteiger partial charge >= 0.3 is 0 Å². The minimum atomic E-state index is -1.32. The van der Waals surface area contributed by atoms with Crippen molar-refractivity contribution in [2.24, 2.45) is 0 Å². The molecular formula is C16H34N2O5. The molecule has 7 heteroatoms. The molecule has 1 aliphatic heterocycles. The number of aliphatic hydroxyl groups excluding tert-OH is 4. The number of hydrogen-bond donors (Lipinski definition) is 6. The molecule has 5 atom stereocenters. The highest BCUT2D eigenvalue weighted by Gasteiger charge is 2.42. The quantitative estimate of drug-likeness (QED) is 0.262. The average molecular weight is 334 g/mol. The van der Waals surface area contributed by atoms with Crippen LogP contribution < -0.4 is 10.6 Å². The zero-order valence-electron chi connectivity index (χ0n) is 14.2. The lowest BCUT2D eigenvalue weighted by Crippen LogP contribution is -2.62. The first-order valence-electron chi connectivity index (χ1n) is 8.86. The molecule has 6 N–H and O–H groups in total. The minimum Gasteiger partial charge on any atom is -0.394 e. The number of aliphatic hydroxyl groups is 4. The van der Waals surface area contributed by atoms with E-state index >= 15 is 0 Å². The molecule has 7 nitrogen and oxygen atoms in total. The molecule has 0 radical (unpaired) electrons. The third-order valence-electron chi connectivity index (χ3n) is 4.25. The maximum atomic E-state index is 9.87. The number of unbranched alkanes of at least 4 members (excludes halogenated alkanes) is 5. The van der Waals surface area contributed by atoms with Crippen molar-refractivity contribution in [1.29, 1.82) is 0 Å². The van der Waals surface area contributed by atoms with Crippen molar-refractivity contribution >= 4 is 0 Å². The fraction of sp³-hybridized carbons (Fsp3) is 1.00. The van der Waals surface area contributed by atoms with Crippen molar-refractivity contribution in [3.63, 3.8) is 0 Å². The van der Waals surface area contributed by atoms with Crippen molar-refractivity contribution < 1.29 is 25.2 Å². The maximum absolute atomic E-state index is 9.87. The average Bonchev–Trinajstić information content (AvgIpc) is 2.56. The van der Waals surface area contributed by atoms with Gasteiger partial charge in [-0.1, -0.05) is 39.0 Å². The van der Waals surface area contributed by atoms with Crippen LogP contribution in [0, 0.1) is 0 Å². The van der Waals surface area contributed by atoms with Gasteiger partial charge in [-0.2, -0.15) is 0 Å². The van der Waals surface area contributed by atoms with Gasteiger partial charge < -0.3 is 30.5 Å². The Morgan fingerprint density at radius 3 is 2.22 bits per heavy atom. The fourth-order valence-electron chi connectivity index (χ4n) is 2.73. The standard InChI is InChI=1S/C16H34N2O5/c1-2-3-4-5-6-7-8-17-9-10-18-16-15(22)14(21)13(20)12(11-19)23-16/h12-22H,2-11H2,1H3/t12-,13-,14+,15-,16?/m1/s1. The molecule has 23 heavy (non-hydrogen) atoms. The van der Waals surface area contributed by atoms with Crippen LogP contribution in [0.3, 0.4) is 0 Å². The molecule has 1 rings (SSSR count). The number of hydrogen-bond acceptors (Lipinski definition) is 7. The number of rotatable bonds is 12. The first kappa shape index (κ1) is 20.8. The minimum absolute atomic E-state index is 0.403. The van der Waals surface area contributed by atoms with Crippen LogP contribution in [0.25, 0.3) is 0 Å². The van der Waals surface area contributed by atoms with Gasteiger partial charge in [-0.15, -0.1) is 0 Å². The van der Waals surface area contributed by atoms with Gasteiger partial charge in [0.1, 0.15) is 30.6 Å². The van der Waals surface area contributed by atoms with E-state index < -0.39 is 37.3 Å². The van der Waals surface area contributed by atoms with Crippen molar-refractivity contribution in [2.75, 3.05) is 26.2 Å². The molecule has 1 fully saturated rings. The second-order valence-corrected chi connectivity index (χ2v) is 6.22. The number of ether oxygens (including phenoxy) is 1. The Balaban J connectivity index is 2.06. The normalized spacial score (nSPS) is 31.4. The summed E-state index contributed by atoms with van der Waals surface area (Å²) in [5.74, 6) is 0. The molecule has 1 unspecified atom stereocenters. The van der Waals surface area contributed by atoms with Crippen LogP contribution in [-0.2, 0) is 4.74 Å². The van der Waals surface area contributed by atoms with Gasteiger partial charge in [0.15, 0.2) is 0 Å². The van der Waals surface area contributed by atoms with Crippen LogP contribution in [0.15, 0.2) is 0 Å². The van der Waals surface area contributed by atoms with Crippen molar-refractivity contribution in [3.8, 4) is 0 Å². The Morgan fingerprint density at radius 2 is 1.52 bits per heavy atom. The molecule has 0 aliphatic carbocycles. The molecule has 1 heterocycles. The first-order valence-corrected chi connectivity index (χ1v) is 8.86. The Kier molecular flexibility index (Phi) is 11.0. The summed E-state index contributed by atoms with van der Waals surface area (Å²) in [7, 11) is 0. The van der Waals surface area contributed by atoms with E-state index in [9.17, 15) is 15.3 Å². The molecule has 0 aromatic heterocycles. The largest absolute Gasteiger partial charge is 0.394 e. The summed E-state index contributed by atoms with van der Waals surface area (Å²) in [6, 6.07) is 0. The van der Waals surface area contributed by atoms with E-state index in [-0.39, 0.29) is 0 Å². The van der Waals surface area contributed by atoms with Gasteiger partial charge in [0.05, 0.1) is 6.61 Å². The summed E-state index contributed by atoms with van der Waals surface area (Å²) >= 11 is 0. The summed E-state index contributed by atoms with van der Waals surface area (Å²) < 4.78 is 5.36. The van der Waals surface area contributed by atoms with E-state index in [1.807, 2.05) is 0 Å². The van der Waals surface area contributed by atoms with Crippen LogP contribution in [0.2, 0.25) is 0 Å². The zero-order chi connectivity index (χ0) is 17.1. The topological polar surface area (TPSA) is 114 Å². The van der Waals surface area contributed by atoms with Crippen LogP contribution in [-0.4, -0.2) is 77.3 Å². The van der Waals surface area contributed by atoms with Crippen molar-refractivity contribution in [1.82, 2.24) is 10.6 Å². The Hall–Kier alpha value is -0.280. The van der Waals surface area contributed by atoms with Gasteiger partial charge in [0, 0.05) is 13.1 Å². The number of nitrogens with one attached hydrogen (secondary N) is 2. The molecular weight excluding hydrogens is 300 g/mol. The summed E-state index contributed by atoms with van der Waals surface area (Å²) in [5, 5.41) is 44.6. The van der Waals surface area contributed by atoms with Crippen LogP contribution >= 0.6 is 0 Å². The van der Waals surface area contributed by atoms with Gasteiger partial charge in [-0.3, -0.25) is 5.32 Å². The smallest absolute Gasteiger partial charge is 0.137 e. The highest BCUT2D eigenvalue weighted by molar-refractivity contribution is 4.90. The second-order valence-electron chi connectivity index (χ2n) is 6.22. The maximum Gasteiger partial charge on any atom is 0.137 e. The molecule has 0 aromatic carbocycles. The van der Waals surface area contributed by atoms with Gasteiger partial charge in [0.2, 0.25) is 0 Å². The van der Waals surface area contributed by atoms with Crippen LogP contribution in [0.5, 0.6) is 0 Å². The molecule has 0 spiro atoms. The fourth-order valence-corrected chi connectivity index (χ4v) is 2.73. The molecule has 0 aromatic rings. The van der Waals surface area contributed by atoms with E-state index in [2.05, 4.69) is 17.6 Å². The molecule has 138 valence electrons. The zero-order valence-corrected chi connectivity index (χ0v) is 14.2. The lowest BCUT2D eigenvalue weighted by Gasteiger charge is -2.40. The van der Waals surface area contributed by atoms with E-state index in [0.717, 1.165) is 19.5 Å². The highest BCUT2D eigenvalue weighted by Crippen LogP contribution is 2.19. The van der Waals surface area contributed by atoms with Gasteiger partial charge in [-0.05, 0) is 13.0 Å². The summed E-state index contributed by atoms with van der Waals surface area (Å²) in [5.41, 5.74) is 0. The lowest BCUT2D eigenvalue weighted by molar-refractivity contribution is -0.236. The van der Waals surface area contributed by atoms with Crippen molar-refractivity contribution in [2.45, 2.75) is 76.1 Å². The van der Waals surface area contributed by atoms with Crippen LogP contribution in [0.4, 0.5) is 0 Å². The predicted molar refractivity (Wildman–Crippen MR) is 88.0 cm³/mol. The van der Waals surface area contributed by atoms with E-state index in [1.165, 1.54) is 32.1 Å². The first-order chi connectivity index (χ1) is 11.1. The molecule has 1 aliphatic rings. The second kappa shape index (κ2) is 12.1. The third-order valence-corrected chi connectivity index (χ3v) is 4.25. The van der Waals surface area contributed by atoms with Crippen LogP contribution in [0.1, 0.15) is 45.4 Å². The molecule has 0 saturated carbocycles. The summed E-state index contributed by atoms with van der Waals surface area (Å²) in [6.07, 6.45) is 2.09. The summed E-state index contributed by atoms with van der Waals surface area (Å²) in [6.45, 7) is 4.06. The monoisotopic (exact) mass is 334 g/mol. The molecule has 0 amide bonds. The van der Waals surface area contributed by atoms with Gasteiger partial charge in [-0.25, -0.2) is 0 Å². The predicted octanol–water partition coefficient (Wildman–Crippen LogP) is -0.674. The highest BCUT2D eigenvalue weighted by atomic mass is 16.6.